The number of nitrogens with one attached hydrogen (secondary N) is 2. The summed E-state index contributed by atoms with van der Waals surface area (Å²) in [7, 11) is 0. The van der Waals surface area contributed by atoms with Crippen LogP contribution in [0.25, 0.3) is 32.2 Å². The van der Waals surface area contributed by atoms with E-state index in [-0.39, 0.29) is 12.3 Å². The number of carbonyl (C=O) groups excluding carboxylic acids is 1. The van der Waals surface area contributed by atoms with E-state index in [1.807, 2.05) is 24.3 Å². The molecule has 2 aromatic carbocycles. The highest BCUT2D eigenvalue weighted by atomic mass is 32.1. The summed E-state index contributed by atoms with van der Waals surface area (Å²) >= 11 is 1.32. The predicted octanol–water partition coefficient (Wildman–Crippen LogP) is 4.61. The molecular weight excluding hydrogens is 370 g/mol. The summed E-state index contributed by atoms with van der Waals surface area (Å²) in [5, 5.41) is 10.9. The van der Waals surface area contributed by atoms with E-state index in [4.69, 9.17) is 0 Å². The van der Waals surface area contributed by atoms with E-state index in [0.717, 1.165) is 32.2 Å². The molecule has 2 aromatic heterocycles. The van der Waals surface area contributed by atoms with Gasteiger partial charge in [0, 0.05) is 5.39 Å². The van der Waals surface area contributed by atoms with Crippen LogP contribution >= 0.6 is 11.3 Å². The molecule has 0 radical (unpaired) electrons. The minimum Gasteiger partial charge on any atom is -0.302 e. The lowest BCUT2D eigenvalue weighted by Gasteiger charge is -2.08. The molecule has 0 bridgehead atoms. The molecule has 1 amide bonds. The van der Waals surface area contributed by atoms with Crippen LogP contribution in [0.4, 0.5) is 13.9 Å². The van der Waals surface area contributed by atoms with Crippen LogP contribution in [0.5, 0.6) is 0 Å². The molecule has 0 saturated heterocycles. The first kappa shape index (κ1) is 16.3. The molecule has 5 rings (SSSR count). The molecule has 1 fully saturated rings. The Kier molecular flexibility index (Phi) is 3.68. The third kappa shape index (κ3) is 2.76. The van der Waals surface area contributed by atoms with Gasteiger partial charge in [-0.1, -0.05) is 23.5 Å². The first-order chi connectivity index (χ1) is 13.1. The molecule has 0 aliphatic heterocycles. The minimum absolute atomic E-state index is 0.279. The number of amides is 1. The summed E-state index contributed by atoms with van der Waals surface area (Å²) in [6.07, 6.45) is 0.928. The Morgan fingerprint density at radius 1 is 1.33 bits per heavy atom. The van der Waals surface area contributed by atoms with E-state index in [1.54, 1.807) is 12.3 Å². The Bertz CT molecular complexity index is 1190. The molecule has 1 saturated carbocycles. The standard InChI is InChI=1S/C19H14F2N4OS/c20-7-10-2-3-14-12(8-22-25-14)17(10)9-1-4-15-16(5-9)27-19(23-15)24-18(26)11-6-13(11)21/h1-5,8,11,13H,6-7H2,(H,22,25)(H,23,24,26)/t11-,13+/m1/s1. The third-order valence-corrected chi connectivity index (χ3v) is 5.74. The minimum atomic E-state index is -1.04. The van der Waals surface area contributed by atoms with Crippen molar-refractivity contribution in [3.8, 4) is 11.1 Å². The van der Waals surface area contributed by atoms with E-state index in [0.29, 0.717) is 10.7 Å². The van der Waals surface area contributed by atoms with E-state index < -0.39 is 18.8 Å². The van der Waals surface area contributed by atoms with Crippen molar-refractivity contribution in [2.75, 3.05) is 5.32 Å². The van der Waals surface area contributed by atoms with Gasteiger partial charge in [0.05, 0.1) is 27.8 Å². The molecule has 27 heavy (non-hydrogen) atoms. The summed E-state index contributed by atoms with van der Waals surface area (Å²) in [5.74, 6) is -0.886. The maximum absolute atomic E-state index is 13.6. The predicted molar refractivity (Wildman–Crippen MR) is 101 cm³/mol. The van der Waals surface area contributed by atoms with Gasteiger partial charge in [-0.25, -0.2) is 13.8 Å². The van der Waals surface area contributed by atoms with Gasteiger partial charge in [0.15, 0.2) is 5.13 Å². The number of rotatable bonds is 4. The van der Waals surface area contributed by atoms with Crippen LogP contribution in [-0.4, -0.2) is 27.3 Å². The average molecular weight is 384 g/mol. The Morgan fingerprint density at radius 3 is 2.96 bits per heavy atom. The number of carbonyl (C=O) groups is 1. The Hall–Kier alpha value is -2.87. The van der Waals surface area contributed by atoms with Crippen LogP contribution in [0.1, 0.15) is 12.0 Å². The molecule has 1 aliphatic carbocycles. The largest absolute Gasteiger partial charge is 0.302 e. The summed E-state index contributed by atoms with van der Waals surface area (Å²) < 4.78 is 27.5. The quantitative estimate of drug-likeness (QED) is 0.540. The number of alkyl halides is 2. The molecular formula is C19H14F2N4OS. The maximum atomic E-state index is 13.6. The molecule has 0 unspecified atom stereocenters. The van der Waals surface area contributed by atoms with Crippen molar-refractivity contribution in [2.24, 2.45) is 5.92 Å². The third-order valence-electron chi connectivity index (χ3n) is 4.81. The van der Waals surface area contributed by atoms with E-state index >= 15 is 0 Å². The number of anilines is 1. The molecule has 2 N–H and O–H groups in total. The van der Waals surface area contributed by atoms with Crippen LogP contribution in [0, 0.1) is 5.92 Å². The van der Waals surface area contributed by atoms with E-state index in [9.17, 15) is 13.6 Å². The number of aromatic nitrogens is 3. The number of hydrogen-bond acceptors (Lipinski definition) is 4. The number of fused-ring (bicyclic) bond motifs is 2. The molecule has 2 heterocycles. The van der Waals surface area contributed by atoms with Crippen LogP contribution < -0.4 is 5.32 Å². The maximum Gasteiger partial charge on any atom is 0.232 e. The highest BCUT2D eigenvalue weighted by molar-refractivity contribution is 7.22. The van der Waals surface area contributed by atoms with Crippen molar-refractivity contribution in [3.05, 3.63) is 42.1 Å². The average Bonchev–Trinajstić information content (AvgIpc) is 3.07. The zero-order valence-corrected chi connectivity index (χ0v) is 14.8. The van der Waals surface area contributed by atoms with Gasteiger partial charge < -0.3 is 5.32 Å². The van der Waals surface area contributed by atoms with Crippen molar-refractivity contribution >= 4 is 43.5 Å². The molecule has 1 aliphatic rings. The normalized spacial score (nSPS) is 18.9. The summed E-state index contributed by atoms with van der Waals surface area (Å²) in [6.45, 7) is -0.579. The summed E-state index contributed by atoms with van der Waals surface area (Å²) in [4.78, 5) is 16.3. The smallest absolute Gasteiger partial charge is 0.232 e. The number of nitrogens with zero attached hydrogens (tertiary/aromatic N) is 2. The van der Waals surface area contributed by atoms with Crippen molar-refractivity contribution in [1.29, 1.82) is 0 Å². The number of benzene rings is 2. The highest BCUT2D eigenvalue weighted by Crippen LogP contribution is 2.38. The fourth-order valence-electron chi connectivity index (χ4n) is 3.28. The number of hydrogen-bond donors (Lipinski definition) is 2. The lowest BCUT2D eigenvalue weighted by atomic mass is 9.96. The summed E-state index contributed by atoms with van der Waals surface area (Å²) in [5.41, 5.74) is 3.80. The fraction of sp³-hybridized carbons (Fsp3) is 0.211. The van der Waals surface area contributed by atoms with Gasteiger partial charge >= 0.3 is 0 Å². The van der Waals surface area contributed by atoms with Gasteiger partial charge in [0.25, 0.3) is 0 Å². The Labute approximate surface area is 156 Å². The van der Waals surface area contributed by atoms with Crippen LogP contribution in [0.3, 0.4) is 0 Å². The number of H-pyrrole nitrogens is 1. The van der Waals surface area contributed by atoms with Crippen molar-refractivity contribution in [3.63, 3.8) is 0 Å². The summed E-state index contributed by atoms with van der Waals surface area (Å²) in [6, 6.07) is 9.22. The Balaban J connectivity index is 1.55. The van der Waals surface area contributed by atoms with Gasteiger partial charge in [-0.3, -0.25) is 9.89 Å². The zero-order valence-electron chi connectivity index (χ0n) is 14.0. The fourth-order valence-corrected chi connectivity index (χ4v) is 4.19. The zero-order chi connectivity index (χ0) is 18.5. The lowest BCUT2D eigenvalue weighted by molar-refractivity contribution is -0.117. The molecule has 136 valence electrons. The lowest BCUT2D eigenvalue weighted by Crippen LogP contribution is -2.14. The second kappa shape index (κ2) is 6.09. The molecule has 8 heteroatoms. The Morgan fingerprint density at radius 2 is 2.19 bits per heavy atom. The number of thiazole rings is 1. The van der Waals surface area contributed by atoms with Crippen LogP contribution in [-0.2, 0) is 11.5 Å². The molecule has 0 spiro atoms. The second-order valence-electron chi connectivity index (χ2n) is 6.61. The topological polar surface area (TPSA) is 70.7 Å². The second-order valence-corrected chi connectivity index (χ2v) is 7.64. The molecule has 5 nitrogen and oxygen atoms in total. The van der Waals surface area contributed by atoms with Crippen molar-refractivity contribution < 1.29 is 13.6 Å². The van der Waals surface area contributed by atoms with Crippen LogP contribution in [0.15, 0.2) is 36.5 Å². The number of halogens is 2. The molecule has 2 atom stereocenters. The van der Waals surface area contributed by atoms with Gasteiger partial charge in [0.1, 0.15) is 12.8 Å². The number of aromatic amines is 1. The van der Waals surface area contributed by atoms with Gasteiger partial charge in [0.2, 0.25) is 5.91 Å². The van der Waals surface area contributed by atoms with E-state index in [2.05, 4.69) is 20.5 Å². The van der Waals surface area contributed by atoms with Gasteiger partial charge in [-0.2, -0.15) is 5.10 Å². The van der Waals surface area contributed by atoms with E-state index in [1.165, 1.54) is 11.3 Å². The molecule has 4 aromatic rings. The van der Waals surface area contributed by atoms with Gasteiger partial charge in [-0.05, 0) is 41.3 Å². The first-order valence-corrected chi connectivity index (χ1v) is 9.32. The SMILES string of the molecule is O=C(Nc1nc2ccc(-c3c(CF)ccc4[nH]ncc34)cc2s1)[C@@H]1C[C@@H]1F. The van der Waals surface area contributed by atoms with Crippen molar-refractivity contribution in [1.82, 2.24) is 15.2 Å². The van der Waals surface area contributed by atoms with Crippen molar-refractivity contribution in [2.45, 2.75) is 19.3 Å². The van der Waals surface area contributed by atoms with Gasteiger partial charge in [-0.15, -0.1) is 0 Å². The first-order valence-electron chi connectivity index (χ1n) is 8.51. The monoisotopic (exact) mass is 384 g/mol. The highest BCUT2D eigenvalue weighted by Gasteiger charge is 2.43. The van der Waals surface area contributed by atoms with Crippen LogP contribution in [0.2, 0.25) is 0 Å².